The molecule has 4 heterocycles. The van der Waals surface area contributed by atoms with E-state index in [0.717, 1.165) is 27.5 Å². The molecule has 5 aromatic rings. The van der Waals surface area contributed by atoms with Crippen molar-refractivity contribution < 1.29 is 9.18 Å². The summed E-state index contributed by atoms with van der Waals surface area (Å²) < 4.78 is 14.9. The molecule has 6 nitrogen and oxygen atoms in total. The Bertz CT molecular complexity index is 1600. The monoisotopic (exact) mass is 460 g/mol. The van der Waals surface area contributed by atoms with Gasteiger partial charge < -0.3 is 4.90 Å². The second-order valence-corrected chi connectivity index (χ2v) is 9.18. The van der Waals surface area contributed by atoms with Crippen molar-refractivity contribution in [2.75, 3.05) is 4.90 Å². The molecule has 0 N–H and O–H groups in total. The van der Waals surface area contributed by atoms with Gasteiger partial charge >= 0.3 is 0 Å². The number of carbonyl (C=O) groups is 1. The lowest BCUT2D eigenvalue weighted by Crippen LogP contribution is -2.32. The molecular formula is C23H13FN4O2S2. The second-order valence-electron chi connectivity index (χ2n) is 7.25. The minimum absolute atomic E-state index is 0.268. The van der Waals surface area contributed by atoms with Gasteiger partial charge in [-0.3, -0.25) is 9.59 Å². The molecule has 3 aromatic heterocycles. The molecule has 9 heteroatoms. The Balaban J connectivity index is 1.50. The first-order valence-corrected chi connectivity index (χ1v) is 11.4. The van der Waals surface area contributed by atoms with Gasteiger partial charge in [-0.25, -0.2) is 4.39 Å². The lowest BCUT2D eigenvalue weighted by molar-refractivity contribution is -0.113. The van der Waals surface area contributed by atoms with Crippen LogP contribution in [0.15, 0.2) is 70.8 Å². The lowest BCUT2D eigenvalue weighted by Gasteiger charge is -2.17. The van der Waals surface area contributed by atoms with Gasteiger partial charge in [-0.05, 0) is 35.2 Å². The van der Waals surface area contributed by atoms with Crippen LogP contribution in [0.2, 0.25) is 0 Å². The predicted octanol–water partition coefficient (Wildman–Crippen LogP) is 3.48. The Labute approximate surface area is 188 Å². The summed E-state index contributed by atoms with van der Waals surface area (Å²) in [5.41, 5.74) is 2.19. The minimum atomic E-state index is -0.359. The first-order chi connectivity index (χ1) is 15.6. The van der Waals surface area contributed by atoms with Crippen LogP contribution >= 0.6 is 22.7 Å². The van der Waals surface area contributed by atoms with Crippen LogP contribution in [0.4, 0.5) is 10.1 Å². The molecule has 1 aliphatic heterocycles. The summed E-state index contributed by atoms with van der Waals surface area (Å²) in [4.78, 5) is 34.1. The smallest absolute Gasteiger partial charge is 0.291 e. The van der Waals surface area contributed by atoms with Crippen LogP contribution in [-0.2, 0) is 11.3 Å². The van der Waals surface area contributed by atoms with E-state index < -0.39 is 0 Å². The van der Waals surface area contributed by atoms with Crippen molar-refractivity contribution in [3.63, 3.8) is 0 Å². The number of para-hydroxylation sites is 1. The molecule has 1 aliphatic rings. The van der Waals surface area contributed by atoms with Gasteiger partial charge in [-0.2, -0.15) is 9.50 Å². The third kappa shape index (κ3) is 2.89. The fraction of sp³-hybridized carbons (Fsp3) is 0.0435. The number of amides is 1. The SMILES string of the molecule is O=C1C(=c2sc3nc(-c4cccs4)nn3c2=O)c2ccccc2N1Cc1ccc(F)cc1. The van der Waals surface area contributed by atoms with Crippen LogP contribution in [0.3, 0.4) is 0 Å². The Morgan fingerprint density at radius 2 is 1.78 bits per heavy atom. The highest BCUT2D eigenvalue weighted by Gasteiger charge is 2.34. The number of halogens is 1. The van der Waals surface area contributed by atoms with Crippen LogP contribution in [0, 0.1) is 5.82 Å². The molecule has 0 saturated heterocycles. The van der Waals surface area contributed by atoms with Crippen molar-refractivity contribution in [1.29, 1.82) is 0 Å². The highest BCUT2D eigenvalue weighted by atomic mass is 32.1. The van der Waals surface area contributed by atoms with Crippen LogP contribution in [-0.4, -0.2) is 20.5 Å². The van der Waals surface area contributed by atoms with Crippen molar-refractivity contribution in [3.05, 3.63) is 97.9 Å². The van der Waals surface area contributed by atoms with Gasteiger partial charge in [0.1, 0.15) is 10.3 Å². The standard InChI is InChI=1S/C23H13FN4O2S2/c24-14-9-7-13(8-10-14)12-27-16-5-2-1-4-15(16)18(21(27)29)19-22(30)28-23(32-19)25-20(26-28)17-6-3-11-31-17/h1-11H,12H2. The van der Waals surface area contributed by atoms with Gasteiger partial charge in [-0.15, -0.1) is 16.4 Å². The molecule has 156 valence electrons. The topological polar surface area (TPSA) is 67.6 Å². The van der Waals surface area contributed by atoms with E-state index in [9.17, 15) is 14.0 Å². The third-order valence-corrected chi connectivity index (χ3v) is 7.20. The first-order valence-electron chi connectivity index (χ1n) is 9.73. The number of fused-ring (bicyclic) bond motifs is 2. The van der Waals surface area contributed by atoms with E-state index in [4.69, 9.17) is 0 Å². The molecule has 0 unspecified atom stereocenters. The molecule has 1 amide bonds. The van der Waals surface area contributed by atoms with Gasteiger partial charge in [0.2, 0.25) is 4.96 Å². The van der Waals surface area contributed by atoms with E-state index in [0.29, 0.717) is 26.5 Å². The number of nitrogens with zero attached hydrogens (tertiary/aromatic N) is 4. The van der Waals surface area contributed by atoms with Crippen molar-refractivity contribution >= 4 is 44.8 Å². The maximum atomic E-state index is 13.5. The number of benzene rings is 2. The zero-order valence-corrected chi connectivity index (χ0v) is 18.0. The molecule has 0 spiro atoms. The summed E-state index contributed by atoms with van der Waals surface area (Å²) in [5.74, 6) is -0.104. The number of hydrogen-bond acceptors (Lipinski definition) is 6. The number of rotatable bonds is 3. The zero-order chi connectivity index (χ0) is 21.8. The normalized spacial score (nSPS) is 15.0. The Kier molecular flexibility index (Phi) is 4.27. The van der Waals surface area contributed by atoms with Gasteiger partial charge in [0.05, 0.1) is 22.7 Å². The average molecular weight is 461 g/mol. The number of carbonyl (C=O) groups excluding carboxylic acids is 1. The summed E-state index contributed by atoms with van der Waals surface area (Å²) in [6.45, 7) is 0.275. The van der Waals surface area contributed by atoms with Crippen LogP contribution < -0.4 is 15.0 Å². The van der Waals surface area contributed by atoms with E-state index >= 15 is 0 Å². The van der Waals surface area contributed by atoms with Crippen molar-refractivity contribution in [2.24, 2.45) is 0 Å². The van der Waals surface area contributed by atoms with E-state index in [1.54, 1.807) is 17.0 Å². The van der Waals surface area contributed by atoms with Gasteiger partial charge in [0.15, 0.2) is 5.82 Å². The van der Waals surface area contributed by atoms with Crippen LogP contribution in [0.1, 0.15) is 11.1 Å². The number of anilines is 1. The maximum absolute atomic E-state index is 13.5. The van der Waals surface area contributed by atoms with E-state index in [1.165, 1.54) is 28.0 Å². The second kappa shape index (κ2) is 7.18. The highest BCUT2D eigenvalue weighted by Crippen LogP contribution is 2.36. The van der Waals surface area contributed by atoms with Crippen molar-refractivity contribution in [1.82, 2.24) is 14.6 Å². The predicted molar refractivity (Wildman–Crippen MR) is 122 cm³/mol. The Morgan fingerprint density at radius 3 is 2.53 bits per heavy atom. The maximum Gasteiger partial charge on any atom is 0.291 e. The number of thiazole rings is 1. The quantitative estimate of drug-likeness (QED) is 0.414. The zero-order valence-electron chi connectivity index (χ0n) is 16.4. The average Bonchev–Trinajstić information content (AvgIpc) is 3.56. The van der Waals surface area contributed by atoms with E-state index in [-0.39, 0.29) is 23.8 Å². The van der Waals surface area contributed by atoms with E-state index in [1.807, 2.05) is 41.8 Å². The molecule has 0 atom stereocenters. The number of aromatic nitrogens is 3. The summed E-state index contributed by atoms with van der Waals surface area (Å²) in [6.07, 6.45) is 0. The van der Waals surface area contributed by atoms with Gasteiger partial charge in [0, 0.05) is 5.56 Å². The van der Waals surface area contributed by atoms with Gasteiger partial charge in [0.25, 0.3) is 11.5 Å². The lowest BCUT2D eigenvalue weighted by atomic mass is 10.1. The largest absolute Gasteiger partial charge is 0.303 e. The Hall–Kier alpha value is -3.69. The molecule has 2 aromatic carbocycles. The summed E-state index contributed by atoms with van der Waals surface area (Å²) >= 11 is 2.66. The number of hydrogen-bond donors (Lipinski definition) is 0. The third-order valence-electron chi connectivity index (χ3n) is 5.30. The highest BCUT2D eigenvalue weighted by molar-refractivity contribution is 7.15. The molecule has 0 saturated carbocycles. The molecule has 32 heavy (non-hydrogen) atoms. The first kappa shape index (κ1) is 19.0. The van der Waals surface area contributed by atoms with Crippen molar-refractivity contribution in [2.45, 2.75) is 6.54 Å². The summed E-state index contributed by atoms with van der Waals surface area (Å²) in [6, 6.07) is 17.2. The molecule has 0 radical (unpaired) electrons. The fourth-order valence-electron chi connectivity index (χ4n) is 3.82. The van der Waals surface area contributed by atoms with E-state index in [2.05, 4.69) is 10.1 Å². The van der Waals surface area contributed by atoms with Crippen LogP contribution in [0.25, 0.3) is 21.2 Å². The number of thiophene rings is 1. The molecule has 0 fully saturated rings. The summed E-state index contributed by atoms with van der Waals surface area (Å²) in [7, 11) is 0. The van der Waals surface area contributed by atoms with Crippen LogP contribution in [0.5, 0.6) is 0 Å². The Morgan fingerprint density at radius 1 is 0.969 bits per heavy atom. The molecule has 6 rings (SSSR count). The van der Waals surface area contributed by atoms with Gasteiger partial charge in [-0.1, -0.05) is 47.7 Å². The molecular weight excluding hydrogens is 447 g/mol. The summed E-state index contributed by atoms with van der Waals surface area (Å²) in [5, 5.41) is 6.29. The molecule has 0 bridgehead atoms. The molecule has 0 aliphatic carbocycles. The van der Waals surface area contributed by atoms with Crippen molar-refractivity contribution in [3.8, 4) is 10.7 Å². The minimum Gasteiger partial charge on any atom is -0.303 e. The fourth-order valence-corrected chi connectivity index (χ4v) is 5.47.